The Hall–Kier alpha value is -3.30. The molecule has 4 rings (SSSR count). The largest absolute Gasteiger partial charge is 0.352 e. The van der Waals surface area contributed by atoms with E-state index in [4.69, 9.17) is 0 Å². The molecule has 1 amide bonds. The number of carbonyl (C=O) groups excluding carboxylic acids is 1. The molecule has 1 aliphatic heterocycles. The van der Waals surface area contributed by atoms with Crippen molar-refractivity contribution in [3.8, 4) is 0 Å². The summed E-state index contributed by atoms with van der Waals surface area (Å²) in [5.41, 5.74) is 0.659. The lowest BCUT2D eigenvalue weighted by Crippen LogP contribution is -2.49. The number of rotatable bonds is 2. The number of aromatic nitrogens is 2. The molecule has 0 N–H and O–H groups in total. The van der Waals surface area contributed by atoms with E-state index in [1.54, 1.807) is 6.92 Å². The second-order valence-electron chi connectivity index (χ2n) is 6.85. The lowest BCUT2D eigenvalue weighted by Gasteiger charge is -2.36. The van der Waals surface area contributed by atoms with E-state index in [1.165, 1.54) is 0 Å². The van der Waals surface area contributed by atoms with Gasteiger partial charge in [-0.3, -0.25) is 4.79 Å². The van der Waals surface area contributed by atoms with E-state index >= 15 is 0 Å². The number of para-hydroxylation sites is 2. The zero-order chi connectivity index (χ0) is 21.6. The Morgan fingerprint density at radius 1 is 0.800 bits per heavy atom. The minimum atomic E-state index is -2.29. The minimum absolute atomic E-state index is 0.0201. The SMILES string of the molecule is Cc1nc2ccccc2nc1N1CCN(C(=O)c2c(F)c(F)c(F)c(F)c2F)CC1. The molecule has 0 aliphatic carbocycles. The van der Waals surface area contributed by atoms with Crippen LogP contribution in [-0.4, -0.2) is 47.0 Å². The van der Waals surface area contributed by atoms with Crippen LogP contribution in [0.5, 0.6) is 0 Å². The molecule has 2 aromatic carbocycles. The Labute approximate surface area is 167 Å². The van der Waals surface area contributed by atoms with Crippen LogP contribution < -0.4 is 4.90 Å². The molecule has 0 bridgehead atoms. The number of carbonyl (C=O) groups is 1. The summed E-state index contributed by atoms with van der Waals surface area (Å²) in [4.78, 5) is 24.5. The third-order valence-electron chi connectivity index (χ3n) is 5.01. The molecular weight excluding hydrogens is 407 g/mol. The molecule has 1 aromatic heterocycles. The van der Waals surface area contributed by atoms with E-state index in [9.17, 15) is 26.7 Å². The molecular formula is C20H15F5N4O. The fourth-order valence-corrected chi connectivity index (χ4v) is 3.45. The summed E-state index contributed by atoms with van der Waals surface area (Å²) in [6, 6.07) is 7.32. The van der Waals surface area contributed by atoms with Gasteiger partial charge in [-0.15, -0.1) is 0 Å². The maximum Gasteiger partial charge on any atom is 0.260 e. The number of nitrogens with zero attached hydrogens (tertiary/aromatic N) is 4. The Morgan fingerprint density at radius 3 is 1.87 bits per heavy atom. The summed E-state index contributed by atoms with van der Waals surface area (Å²) in [5.74, 6) is -11.5. The van der Waals surface area contributed by atoms with Crippen molar-refractivity contribution < 1.29 is 26.7 Å². The smallest absolute Gasteiger partial charge is 0.260 e. The fourth-order valence-electron chi connectivity index (χ4n) is 3.45. The predicted molar refractivity (Wildman–Crippen MR) is 98.6 cm³/mol. The van der Waals surface area contributed by atoms with E-state index < -0.39 is 40.6 Å². The number of fused-ring (bicyclic) bond motifs is 1. The molecule has 0 spiro atoms. The third-order valence-corrected chi connectivity index (χ3v) is 5.01. The highest BCUT2D eigenvalue weighted by atomic mass is 19.2. The number of benzene rings is 2. The summed E-state index contributed by atoms with van der Waals surface area (Å²) in [7, 11) is 0. The summed E-state index contributed by atoms with van der Waals surface area (Å²) in [6.07, 6.45) is 0. The van der Waals surface area contributed by atoms with Gasteiger partial charge in [0.2, 0.25) is 5.82 Å². The van der Waals surface area contributed by atoms with Crippen LogP contribution in [-0.2, 0) is 0 Å². The van der Waals surface area contributed by atoms with E-state index in [1.807, 2.05) is 29.2 Å². The summed E-state index contributed by atoms with van der Waals surface area (Å²) >= 11 is 0. The molecule has 10 heteroatoms. The van der Waals surface area contributed by atoms with E-state index in [2.05, 4.69) is 9.97 Å². The van der Waals surface area contributed by atoms with Crippen LogP contribution in [0.15, 0.2) is 24.3 Å². The summed E-state index contributed by atoms with van der Waals surface area (Å²) in [6.45, 7) is 2.35. The van der Waals surface area contributed by atoms with Gasteiger partial charge in [-0.1, -0.05) is 12.1 Å². The number of piperazine rings is 1. The van der Waals surface area contributed by atoms with Gasteiger partial charge in [0.15, 0.2) is 29.1 Å². The zero-order valence-electron chi connectivity index (χ0n) is 15.7. The van der Waals surface area contributed by atoms with Gasteiger partial charge in [-0.2, -0.15) is 0 Å². The Bertz CT molecular complexity index is 1130. The van der Waals surface area contributed by atoms with Gasteiger partial charge >= 0.3 is 0 Å². The van der Waals surface area contributed by atoms with Crippen molar-refractivity contribution in [2.45, 2.75) is 6.92 Å². The molecule has 2 heterocycles. The average Bonchev–Trinajstić information content (AvgIpc) is 2.76. The molecule has 1 fully saturated rings. The van der Waals surface area contributed by atoms with Gasteiger partial charge < -0.3 is 9.80 Å². The molecule has 1 aliphatic rings. The first-order valence-corrected chi connectivity index (χ1v) is 9.08. The van der Waals surface area contributed by atoms with Crippen LogP contribution in [0.4, 0.5) is 27.8 Å². The van der Waals surface area contributed by atoms with Crippen LogP contribution in [0.3, 0.4) is 0 Å². The van der Waals surface area contributed by atoms with Crippen LogP contribution in [0, 0.1) is 36.0 Å². The van der Waals surface area contributed by atoms with E-state index in [-0.39, 0.29) is 26.2 Å². The number of aryl methyl sites for hydroxylation is 1. The molecule has 1 saturated heterocycles. The number of halogens is 5. The van der Waals surface area contributed by atoms with Crippen LogP contribution in [0.2, 0.25) is 0 Å². The van der Waals surface area contributed by atoms with Crippen LogP contribution in [0.1, 0.15) is 16.1 Å². The molecule has 0 saturated carbocycles. The first kappa shape index (κ1) is 20.0. The first-order chi connectivity index (χ1) is 14.3. The molecule has 156 valence electrons. The molecule has 0 unspecified atom stereocenters. The predicted octanol–water partition coefficient (Wildman–Crippen LogP) is 3.60. The lowest BCUT2D eigenvalue weighted by atomic mass is 10.1. The second kappa shape index (κ2) is 7.51. The van der Waals surface area contributed by atoms with Crippen LogP contribution in [0.25, 0.3) is 11.0 Å². The van der Waals surface area contributed by atoms with Gasteiger partial charge in [-0.05, 0) is 19.1 Å². The first-order valence-electron chi connectivity index (χ1n) is 9.08. The van der Waals surface area contributed by atoms with Crippen molar-refractivity contribution in [2.24, 2.45) is 0 Å². The molecule has 0 atom stereocenters. The Balaban J connectivity index is 1.56. The standard InChI is InChI=1S/C20H15F5N4O/c1-10-19(27-12-5-3-2-4-11(12)26-10)28-6-8-29(9-7-28)20(30)13-14(21)16(23)18(25)17(24)15(13)22/h2-5H,6-9H2,1H3. The lowest BCUT2D eigenvalue weighted by molar-refractivity contribution is 0.0733. The highest BCUT2D eigenvalue weighted by Gasteiger charge is 2.33. The maximum absolute atomic E-state index is 14.0. The summed E-state index contributed by atoms with van der Waals surface area (Å²) < 4.78 is 68.0. The molecule has 5 nitrogen and oxygen atoms in total. The zero-order valence-corrected chi connectivity index (χ0v) is 15.7. The van der Waals surface area contributed by atoms with Crippen LogP contribution >= 0.6 is 0 Å². The van der Waals surface area contributed by atoms with Crippen molar-refractivity contribution in [1.82, 2.24) is 14.9 Å². The van der Waals surface area contributed by atoms with Gasteiger partial charge in [0.05, 0.1) is 16.7 Å². The Morgan fingerprint density at radius 2 is 1.30 bits per heavy atom. The number of anilines is 1. The molecule has 30 heavy (non-hydrogen) atoms. The number of hydrogen-bond donors (Lipinski definition) is 0. The second-order valence-corrected chi connectivity index (χ2v) is 6.85. The maximum atomic E-state index is 14.0. The van der Waals surface area contributed by atoms with Gasteiger partial charge in [0.25, 0.3) is 5.91 Å². The normalized spacial score (nSPS) is 14.5. The highest BCUT2D eigenvalue weighted by Crippen LogP contribution is 2.26. The van der Waals surface area contributed by atoms with Gasteiger partial charge in [0.1, 0.15) is 5.56 Å². The van der Waals surface area contributed by atoms with E-state index in [0.29, 0.717) is 17.0 Å². The minimum Gasteiger partial charge on any atom is -0.352 e. The molecule has 0 radical (unpaired) electrons. The topological polar surface area (TPSA) is 49.3 Å². The van der Waals surface area contributed by atoms with Crippen molar-refractivity contribution in [3.05, 3.63) is 64.6 Å². The Kier molecular flexibility index (Phi) is 5.00. The van der Waals surface area contributed by atoms with Gasteiger partial charge in [0, 0.05) is 26.2 Å². The average molecular weight is 422 g/mol. The van der Waals surface area contributed by atoms with Crippen molar-refractivity contribution in [3.63, 3.8) is 0 Å². The fraction of sp³-hybridized carbons (Fsp3) is 0.250. The monoisotopic (exact) mass is 422 g/mol. The number of amides is 1. The van der Waals surface area contributed by atoms with Gasteiger partial charge in [-0.25, -0.2) is 31.9 Å². The number of hydrogen-bond acceptors (Lipinski definition) is 4. The highest BCUT2D eigenvalue weighted by molar-refractivity contribution is 5.95. The van der Waals surface area contributed by atoms with E-state index in [0.717, 1.165) is 10.4 Å². The van der Waals surface area contributed by atoms with Crippen molar-refractivity contribution in [1.29, 1.82) is 0 Å². The van der Waals surface area contributed by atoms with Crippen molar-refractivity contribution >= 4 is 22.8 Å². The van der Waals surface area contributed by atoms with Crippen molar-refractivity contribution in [2.75, 3.05) is 31.1 Å². The summed E-state index contributed by atoms with van der Waals surface area (Å²) in [5, 5.41) is 0. The quantitative estimate of drug-likeness (QED) is 0.360. The third kappa shape index (κ3) is 3.21. The molecule has 3 aromatic rings.